The zero-order valence-electron chi connectivity index (χ0n) is 12.7. The van der Waals surface area contributed by atoms with Gasteiger partial charge in [-0.15, -0.1) is 0 Å². The van der Waals surface area contributed by atoms with E-state index in [1.54, 1.807) is 6.07 Å². The van der Waals surface area contributed by atoms with Crippen LogP contribution in [0.2, 0.25) is 0 Å². The zero-order chi connectivity index (χ0) is 18.0. The SMILES string of the molecule is N#Cc1c(Oc2ccc(F)c(O)c2)cccc1-c1cccc(O)c1F. The minimum absolute atomic E-state index is 0.0378. The summed E-state index contributed by atoms with van der Waals surface area (Å²) in [4.78, 5) is 0. The fourth-order valence-electron chi connectivity index (χ4n) is 2.37. The molecule has 6 heteroatoms. The summed E-state index contributed by atoms with van der Waals surface area (Å²) in [5.41, 5.74) is 0.319. The zero-order valence-corrected chi connectivity index (χ0v) is 12.7. The van der Waals surface area contributed by atoms with Crippen molar-refractivity contribution in [3.8, 4) is 40.2 Å². The van der Waals surface area contributed by atoms with Crippen molar-refractivity contribution < 1.29 is 23.7 Å². The summed E-state index contributed by atoms with van der Waals surface area (Å²) in [7, 11) is 0. The van der Waals surface area contributed by atoms with E-state index in [0.29, 0.717) is 0 Å². The highest BCUT2D eigenvalue weighted by Crippen LogP contribution is 2.36. The summed E-state index contributed by atoms with van der Waals surface area (Å²) in [6.07, 6.45) is 0. The van der Waals surface area contributed by atoms with Gasteiger partial charge in [0.15, 0.2) is 23.1 Å². The Morgan fingerprint density at radius 3 is 2.32 bits per heavy atom. The number of halogens is 2. The Morgan fingerprint density at radius 2 is 1.60 bits per heavy atom. The molecule has 0 heterocycles. The van der Waals surface area contributed by atoms with E-state index in [4.69, 9.17) is 4.74 Å². The van der Waals surface area contributed by atoms with Crippen LogP contribution in [0.25, 0.3) is 11.1 Å². The van der Waals surface area contributed by atoms with Crippen molar-refractivity contribution in [1.29, 1.82) is 5.26 Å². The second-order valence-corrected chi connectivity index (χ2v) is 5.14. The van der Waals surface area contributed by atoms with Crippen LogP contribution in [0.5, 0.6) is 23.0 Å². The van der Waals surface area contributed by atoms with Crippen molar-refractivity contribution in [2.75, 3.05) is 0 Å². The van der Waals surface area contributed by atoms with Gasteiger partial charge in [0.05, 0.1) is 0 Å². The number of aromatic hydroxyl groups is 2. The molecule has 25 heavy (non-hydrogen) atoms. The van der Waals surface area contributed by atoms with Gasteiger partial charge in [0.1, 0.15) is 23.1 Å². The van der Waals surface area contributed by atoms with Gasteiger partial charge >= 0.3 is 0 Å². The van der Waals surface area contributed by atoms with Crippen molar-refractivity contribution in [3.63, 3.8) is 0 Å². The van der Waals surface area contributed by atoms with Crippen molar-refractivity contribution in [2.45, 2.75) is 0 Å². The van der Waals surface area contributed by atoms with Crippen LogP contribution in [0.4, 0.5) is 8.78 Å². The Bertz CT molecular complexity index is 996. The number of nitriles is 1. The molecular formula is C19H11F2NO3. The molecule has 0 saturated heterocycles. The number of ether oxygens (including phenoxy) is 1. The number of hydrogen-bond donors (Lipinski definition) is 2. The van der Waals surface area contributed by atoms with Gasteiger partial charge in [-0.25, -0.2) is 8.78 Å². The molecule has 0 atom stereocenters. The van der Waals surface area contributed by atoms with Gasteiger partial charge in [-0.2, -0.15) is 5.26 Å². The van der Waals surface area contributed by atoms with E-state index in [0.717, 1.165) is 12.1 Å². The topological polar surface area (TPSA) is 73.5 Å². The Hall–Kier alpha value is -3.59. The minimum atomic E-state index is -0.851. The maximum Gasteiger partial charge on any atom is 0.172 e. The van der Waals surface area contributed by atoms with Crippen LogP contribution in [-0.4, -0.2) is 10.2 Å². The standard InChI is InChI=1S/C19H11F2NO3/c20-15-8-7-11(9-17(15)24)25-18-6-2-3-12(14(18)10-22)13-4-1-5-16(23)19(13)21/h1-9,23-24H. The van der Waals surface area contributed by atoms with Crippen molar-refractivity contribution >= 4 is 0 Å². The highest BCUT2D eigenvalue weighted by molar-refractivity contribution is 5.75. The molecule has 0 aliphatic rings. The number of hydrogen-bond acceptors (Lipinski definition) is 4. The van der Waals surface area contributed by atoms with Crippen molar-refractivity contribution in [1.82, 2.24) is 0 Å². The molecule has 0 fully saturated rings. The van der Waals surface area contributed by atoms with E-state index >= 15 is 0 Å². The molecule has 0 radical (unpaired) electrons. The van der Waals surface area contributed by atoms with Gasteiger partial charge in [0.2, 0.25) is 0 Å². The summed E-state index contributed by atoms with van der Waals surface area (Å²) < 4.78 is 32.8. The molecule has 0 aliphatic carbocycles. The van der Waals surface area contributed by atoms with Gasteiger partial charge in [0, 0.05) is 17.2 Å². The first-order valence-corrected chi connectivity index (χ1v) is 7.18. The summed E-state index contributed by atoms with van der Waals surface area (Å²) in [6.45, 7) is 0. The number of nitrogens with zero attached hydrogens (tertiary/aromatic N) is 1. The summed E-state index contributed by atoms with van der Waals surface area (Å²) in [6, 6.07) is 14.0. The van der Waals surface area contributed by atoms with Crippen molar-refractivity contribution in [2.24, 2.45) is 0 Å². The number of rotatable bonds is 3. The molecule has 0 aromatic heterocycles. The lowest BCUT2D eigenvalue weighted by Gasteiger charge is -2.12. The summed E-state index contributed by atoms with van der Waals surface area (Å²) in [5.74, 6) is -2.56. The third-order valence-corrected chi connectivity index (χ3v) is 3.55. The van der Waals surface area contributed by atoms with Crippen LogP contribution in [0.3, 0.4) is 0 Å². The van der Waals surface area contributed by atoms with Crippen LogP contribution in [0.1, 0.15) is 5.56 Å². The lowest BCUT2D eigenvalue weighted by atomic mass is 9.99. The molecule has 0 spiro atoms. The van der Waals surface area contributed by atoms with Crippen LogP contribution in [-0.2, 0) is 0 Å². The predicted molar refractivity (Wildman–Crippen MR) is 86.4 cm³/mol. The fourth-order valence-corrected chi connectivity index (χ4v) is 2.37. The Morgan fingerprint density at radius 1 is 0.880 bits per heavy atom. The first kappa shape index (κ1) is 16.3. The minimum Gasteiger partial charge on any atom is -0.505 e. The fraction of sp³-hybridized carbons (Fsp3) is 0. The predicted octanol–water partition coefficient (Wildman–Crippen LogP) is 4.71. The lowest BCUT2D eigenvalue weighted by molar-refractivity contribution is 0.421. The van der Waals surface area contributed by atoms with Crippen molar-refractivity contribution in [3.05, 3.63) is 71.8 Å². The lowest BCUT2D eigenvalue weighted by Crippen LogP contribution is -1.94. The third kappa shape index (κ3) is 3.08. The molecule has 0 bridgehead atoms. The number of benzene rings is 3. The molecule has 0 aliphatic heterocycles. The maximum atomic E-state index is 14.2. The molecule has 124 valence electrons. The Kier molecular flexibility index (Phi) is 4.23. The Labute approximate surface area is 141 Å². The van der Waals surface area contributed by atoms with E-state index < -0.39 is 23.1 Å². The summed E-state index contributed by atoms with van der Waals surface area (Å²) >= 11 is 0. The monoisotopic (exact) mass is 339 g/mol. The van der Waals surface area contributed by atoms with Crippen LogP contribution < -0.4 is 4.74 Å². The quantitative estimate of drug-likeness (QED) is 0.725. The molecule has 4 nitrogen and oxygen atoms in total. The van der Waals surface area contributed by atoms with Crippen LogP contribution >= 0.6 is 0 Å². The molecule has 2 N–H and O–H groups in total. The average Bonchev–Trinajstić information content (AvgIpc) is 2.60. The van der Waals surface area contributed by atoms with Gasteiger partial charge in [-0.3, -0.25) is 0 Å². The largest absolute Gasteiger partial charge is 0.505 e. The Balaban J connectivity index is 2.09. The number of phenolic OH excluding ortho intramolecular Hbond substituents is 2. The van der Waals surface area contributed by atoms with E-state index in [1.165, 1.54) is 36.4 Å². The van der Waals surface area contributed by atoms with Gasteiger partial charge in [-0.05, 0) is 24.3 Å². The van der Waals surface area contributed by atoms with E-state index in [9.17, 15) is 24.3 Å². The molecule has 0 amide bonds. The first-order chi connectivity index (χ1) is 12.0. The van der Waals surface area contributed by atoms with Gasteiger partial charge < -0.3 is 14.9 Å². The smallest absolute Gasteiger partial charge is 0.172 e. The summed E-state index contributed by atoms with van der Waals surface area (Å²) in [5, 5.41) is 28.4. The third-order valence-electron chi connectivity index (χ3n) is 3.55. The second-order valence-electron chi connectivity index (χ2n) is 5.14. The van der Waals surface area contributed by atoms with E-state index in [2.05, 4.69) is 0 Å². The highest BCUT2D eigenvalue weighted by Gasteiger charge is 2.17. The van der Waals surface area contributed by atoms with Gasteiger partial charge in [-0.1, -0.05) is 24.3 Å². The average molecular weight is 339 g/mol. The second kappa shape index (κ2) is 6.49. The van der Waals surface area contributed by atoms with Gasteiger partial charge in [0.25, 0.3) is 0 Å². The first-order valence-electron chi connectivity index (χ1n) is 7.18. The highest BCUT2D eigenvalue weighted by atomic mass is 19.1. The van der Waals surface area contributed by atoms with Crippen LogP contribution in [0.15, 0.2) is 54.6 Å². The molecule has 0 saturated carbocycles. The molecule has 0 unspecified atom stereocenters. The normalized spacial score (nSPS) is 10.3. The maximum absolute atomic E-state index is 14.2. The van der Waals surface area contributed by atoms with E-state index in [1.807, 2.05) is 6.07 Å². The molecule has 3 rings (SSSR count). The molecular weight excluding hydrogens is 328 g/mol. The molecule has 3 aromatic rings. The molecule has 3 aromatic carbocycles. The van der Waals surface area contributed by atoms with Crippen LogP contribution in [0, 0.1) is 23.0 Å². The number of phenols is 2. The van der Waals surface area contributed by atoms with E-state index in [-0.39, 0.29) is 28.2 Å².